The lowest BCUT2D eigenvalue weighted by Crippen LogP contribution is -2.22. The second kappa shape index (κ2) is 6.35. The highest BCUT2D eigenvalue weighted by Gasteiger charge is 2.30. The van der Waals surface area contributed by atoms with Crippen molar-refractivity contribution in [2.24, 2.45) is 10.2 Å². The molecule has 1 aliphatic heterocycles. The van der Waals surface area contributed by atoms with Crippen LogP contribution in [0.25, 0.3) is 10.9 Å². The molecule has 0 unspecified atom stereocenters. The first kappa shape index (κ1) is 17.0. The first-order chi connectivity index (χ1) is 12.4. The zero-order chi connectivity index (χ0) is 18.3. The molecule has 1 fully saturated rings. The second-order valence-electron chi connectivity index (χ2n) is 6.00. The van der Waals surface area contributed by atoms with Gasteiger partial charge in [0.25, 0.3) is 0 Å². The lowest BCUT2D eigenvalue weighted by molar-refractivity contribution is -0.137. The summed E-state index contributed by atoms with van der Waals surface area (Å²) in [7, 11) is 0. The van der Waals surface area contributed by atoms with E-state index < -0.39 is 11.7 Å². The molecular weight excluding hydrogens is 363 g/mol. The van der Waals surface area contributed by atoms with Gasteiger partial charge in [-0.3, -0.25) is 0 Å². The maximum atomic E-state index is 12.8. The predicted molar refractivity (Wildman–Crippen MR) is 95.6 cm³/mol. The Balaban J connectivity index is 1.76. The summed E-state index contributed by atoms with van der Waals surface area (Å²) < 4.78 is 40.3. The van der Waals surface area contributed by atoms with E-state index in [2.05, 4.69) is 10.2 Å². The molecule has 26 heavy (non-hydrogen) atoms. The van der Waals surface area contributed by atoms with E-state index in [0.29, 0.717) is 0 Å². The first-order valence-corrected chi connectivity index (χ1v) is 9.09. The van der Waals surface area contributed by atoms with Gasteiger partial charge in [0.1, 0.15) is 0 Å². The van der Waals surface area contributed by atoms with Gasteiger partial charge in [0.2, 0.25) is 5.88 Å². The van der Waals surface area contributed by atoms with Crippen LogP contribution in [0.15, 0.2) is 58.8 Å². The number of fused-ring (bicyclic) bond motifs is 1. The number of hydrogen-bond acceptors (Lipinski definition) is 4. The average Bonchev–Trinajstić information content (AvgIpc) is 2.84. The monoisotopic (exact) mass is 377 g/mol. The topological polar surface area (TPSA) is 49.9 Å². The van der Waals surface area contributed by atoms with Crippen LogP contribution in [0.2, 0.25) is 0 Å². The second-order valence-corrected chi connectivity index (χ2v) is 7.07. The normalized spacial score (nSPS) is 15.7. The van der Waals surface area contributed by atoms with E-state index in [1.54, 1.807) is 11.8 Å². The zero-order valence-electron chi connectivity index (χ0n) is 13.4. The SMILES string of the molecule is Oc1c(N=Nc2cccc(C(F)(F)F)c2)c2ccccc2n1C1CSC1. The van der Waals surface area contributed by atoms with Crippen LogP contribution in [-0.2, 0) is 6.18 Å². The molecule has 4 rings (SSSR count). The highest BCUT2D eigenvalue weighted by Crippen LogP contribution is 2.45. The van der Waals surface area contributed by atoms with Gasteiger partial charge < -0.3 is 9.67 Å². The van der Waals surface area contributed by atoms with E-state index in [9.17, 15) is 18.3 Å². The molecule has 0 spiro atoms. The maximum Gasteiger partial charge on any atom is 0.416 e. The molecule has 1 saturated heterocycles. The van der Waals surface area contributed by atoms with Crippen LogP contribution in [0, 0.1) is 0 Å². The molecule has 0 aliphatic carbocycles. The third-order valence-corrected chi connectivity index (χ3v) is 5.52. The Morgan fingerprint density at radius 3 is 2.50 bits per heavy atom. The summed E-state index contributed by atoms with van der Waals surface area (Å²) in [5.74, 6) is 1.79. The highest BCUT2D eigenvalue weighted by atomic mass is 32.2. The zero-order valence-corrected chi connectivity index (χ0v) is 14.3. The number of rotatable bonds is 3. The number of aromatic nitrogens is 1. The summed E-state index contributed by atoms with van der Waals surface area (Å²) in [5.41, 5.74) is 0.408. The standard InChI is InChI=1S/C18H14F3N3OS/c19-18(20,21)11-4-3-5-12(8-11)22-23-16-14-6-1-2-7-15(14)24(17(16)25)13-9-26-10-13/h1-8,13,25H,9-10H2. The minimum Gasteiger partial charge on any atom is -0.493 e. The van der Waals surface area contributed by atoms with E-state index in [0.717, 1.165) is 34.5 Å². The Kier molecular flexibility index (Phi) is 4.14. The molecule has 0 saturated carbocycles. The Hall–Kier alpha value is -2.48. The number of aromatic hydroxyl groups is 1. The van der Waals surface area contributed by atoms with Crippen molar-refractivity contribution in [2.75, 3.05) is 11.5 Å². The number of azo groups is 1. The fraction of sp³-hybridized carbons (Fsp3) is 0.222. The third-order valence-electron chi connectivity index (χ3n) is 4.28. The van der Waals surface area contributed by atoms with Crippen LogP contribution in [0.5, 0.6) is 5.88 Å². The summed E-state index contributed by atoms with van der Waals surface area (Å²) in [4.78, 5) is 0. The fourth-order valence-corrected chi connectivity index (χ4v) is 3.67. The fourth-order valence-electron chi connectivity index (χ4n) is 2.93. The van der Waals surface area contributed by atoms with Crippen LogP contribution >= 0.6 is 11.8 Å². The Labute approximate surface area is 151 Å². The third kappa shape index (κ3) is 2.94. The maximum absolute atomic E-state index is 12.8. The van der Waals surface area contributed by atoms with Crippen molar-refractivity contribution in [2.45, 2.75) is 12.2 Å². The molecule has 1 aromatic heterocycles. The molecule has 0 radical (unpaired) electrons. The number of thioether (sulfide) groups is 1. The Bertz CT molecular complexity index is 993. The van der Waals surface area contributed by atoms with Gasteiger partial charge in [-0.25, -0.2) is 0 Å². The van der Waals surface area contributed by atoms with Crippen LogP contribution in [0.1, 0.15) is 11.6 Å². The van der Waals surface area contributed by atoms with Crippen molar-refractivity contribution in [3.63, 3.8) is 0 Å². The van der Waals surface area contributed by atoms with Crippen molar-refractivity contribution in [1.82, 2.24) is 4.57 Å². The van der Waals surface area contributed by atoms with Gasteiger partial charge in [0, 0.05) is 16.9 Å². The van der Waals surface area contributed by atoms with Gasteiger partial charge >= 0.3 is 6.18 Å². The van der Waals surface area contributed by atoms with Crippen molar-refractivity contribution in [3.05, 3.63) is 54.1 Å². The number of para-hydroxylation sites is 1. The van der Waals surface area contributed by atoms with Gasteiger partial charge in [-0.15, -0.1) is 5.11 Å². The molecule has 2 aromatic carbocycles. The van der Waals surface area contributed by atoms with Gasteiger partial charge in [-0.2, -0.15) is 30.0 Å². The van der Waals surface area contributed by atoms with E-state index in [4.69, 9.17) is 0 Å². The summed E-state index contributed by atoms with van der Waals surface area (Å²) in [6.45, 7) is 0. The summed E-state index contributed by atoms with van der Waals surface area (Å²) in [5, 5.41) is 19.3. The molecular formula is C18H14F3N3OS. The van der Waals surface area contributed by atoms with Crippen LogP contribution in [0.4, 0.5) is 24.5 Å². The molecule has 134 valence electrons. The minimum atomic E-state index is -4.44. The molecule has 1 aliphatic rings. The Morgan fingerprint density at radius 2 is 1.81 bits per heavy atom. The molecule has 4 nitrogen and oxygen atoms in total. The lowest BCUT2D eigenvalue weighted by atomic mass is 10.2. The molecule has 0 atom stereocenters. The van der Waals surface area contributed by atoms with Gasteiger partial charge in [0.15, 0.2) is 5.69 Å². The van der Waals surface area contributed by atoms with Crippen molar-refractivity contribution in [3.8, 4) is 5.88 Å². The van der Waals surface area contributed by atoms with E-state index in [1.807, 2.05) is 28.8 Å². The van der Waals surface area contributed by atoms with Gasteiger partial charge in [0.05, 0.1) is 22.8 Å². The largest absolute Gasteiger partial charge is 0.493 e. The molecule has 3 aromatic rings. The summed E-state index contributed by atoms with van der Waals surface area (Å²) >= 11 is 1.79. The number of halogens is 3. The van der Waals surface area contributed by atoms with E-state index in [-0.39, 0.29) is 23.3 Å². The molecule has 1 N–H and O–H groups in total. The van der Waals surface area contributed by atoms with Crippen molar-refractivity contribution < 1.29 is 18.3 Å². The highest BCUT2D eigenvalue weighted by molar-refractivity contribution is 8.00. The average molecular weight is 377 g/mol. The van der Waals surface area contributed by atoms with E-state index >= 15 is 0 Å². The number of nitrogens with zero attached hydrogens (tertiary/aromatic N) is 3. The molecule has 0 bridgehead atoms. The molecule has 0 amide bonds. The van der Waals surface area contributed by atoms with Crippen molar-refractivity contribution in [1.29, 1.82) is 0 Å². The summed E-state index contributed by atoms with van der Waals surface area (Å²) in [6, 6.07) is 12.2. The smallest absolute Gasteiger partial charge is 0.416 e. The van der Waals surface area contributed by atoms with Gasteiger partial charge in [-0.05, 0) is 24.3 Å². The minimum absolute atomic E-state index is 0.00720. The number of benzene rings is 2. The first-order valence-electron chi connectivity index (χ1n) is 7.94. The summed E-state index contributed by atoms with van der Waals surface area (Å²) in [6.07, 6.45) is -4.44. The Morgan fingerprint density at radius 1 is 1.04 bits per heavy atom. The predicted octanol–water partition coefficient (Wildman–Crippen LogP) is 6.07. The van der Waals surface area contributed by atoms with Gasteiger partial charge in [-0.1, -0.05) is 24.3 Å². The molecule has 2 heterocycles. The van der Waals surface area contributed by atoms with Crippen LogP contribution < -0.4 is 0 Å². The number of hydrogen-bond donors (Lipinski definition) is 1. The van der Waals surface area contributed by atoms with Crippen LogP contribution in [-0.4, -0.2) is 21.2 Å². The number of alkyl halides is 3. The quantitative estimate of drug-likeness (QED) is 0.563. The van der Waals surface area contributed by atoms with Crippen LogP contribution in [0.3, 0.4) is 0 Å². The van der Waals surface area contributed by atoms with E-state index in [1.165, 1.54) is 12.1 Å². The van der Waals surface area contributed by atoms with Crippen molar-refractivity contribution >= 4 is 34.0 Å². The lowest BCUT2D eigenvalue weighted by Gasteiger charge is -2.27. The molecule has 8 heteroatoms.